The second-order valence-electron chi connectivity index (χ2n) is 2.93. The van der Waals surface area contributed by atoms with Crippen molar-refractivity contribution in [1.29, 1.82) is 0 Å². The van der Waals surface area contributed by atoms with Gasteiger partial charge in [0.25, 0.3) is 0 Å². The third-order valence-corrected chi connectivity index (χ3v) is 5.51. The van der Waals surface area contributed by atoms with E-state index in [4.69, 9.17) is 3.07 Å². The number of thioether (sulfide) groups is 1. The van der Waals surface area contributed by atoms with Gasteiger partial charge in [-0.3, -0.25) is 0 Å². The molecule has 0 bridgehead atoms. The first-order chi connectivity index (χ1) is 5.76. The zero-order valence-electron chi connectivity index (χ0n) is 7.97. The van der Waals surface area contributed by atoms with E-state index in [2.05, 4.69) is 32.8 Å². The standard InChI is InChI=1S/C8H17OS.BrH.Sn/c1-4-5-7(2)8(6-9)10-3;;/h7-8H,4-6H2,1-3H3;1H;/q-1;;+2/p-1. The van der Waals surface area contributed by atoms with Crippen molar-refractivity contribution in [1.82, 2.24) is 0 Å². The summed E-state index contributed by atoms with van der Waals surface area (Å²) in [5, 5.41) is 0.698. The summed E-state index contributed by atoms with van der Waals surface area (Å²) in [6.45, 7) is 5.52. The molecule has 0 aromatic heterocycles. The molecule has 4 heteroatoms. The predicted octanol–water partition coefficient (Wildman–Crippen LogP) is 3.10. The van der Waals surface area contributed by atoms with Crippen LogP contribution in [0, 0.1) is 5.92 Å². The molecule has 0 saturated carbocycles. The zero-order valence-corrected chi connectivity index (χ0v) is 13.2. The van der Waals surface area contributed by atoms with Crippen molar-refractivity contribution in [2.45, 2.75) is 31.9 Å². The summed E-state index contributed by atoms with van der Waals surface area (Å²) in [5.41, 5.74) is 0. The van der Waals surface area contributed by atoms with Gasteiger partial charge in [-0.25, -0.2) is 0 Å². The third-order valence-electron chi connectivity index (χ3n) is 1.98. The average molecular weight is 360 g/mol. The molecular weight excluding hydrogens is 343 g/mol. The van der Waals surface area contributed by atoms with Crippen LogP contribution in [0.1, 0.15) is 26.7 Å². The van der Waals surface area contributed by atoms with Gasteiger partial charge in [0, 0.05) is 0 Å². The van der Waals surface area contributed by atoms with Gasteiger partial charge >= 0.3 is 97.6 Å². The fourth-order valence-electron chi connectivity index (χ4n) is 1.22. The van der Waals surface area contributed by atoms with Crippen molar-refractivity contribution >= 4 is 43.8 Å². The second kappa shape index (κ2) is 9.16. The van der Waals surface area contributed by atoms with Gasteiger partial charge in [0.15, 0.2) is 0 Å². The van der Waals surface area contributed by atoms with Crippen molar-refractivity contribution in [2.75, 3.05) is 12.9 Å². The molecule has 0 aromatic carbocycles. The second-order valence-corrected chi connectivity index (χ2v) is 7.44. The number of rotatable bonds is 7. The van der Waals surface area contributed by atoms with E-state index < -0.39 is 19.3 Å². The molecule has 0 aromatic rings. The van der Waals surface area contributed by atoms with Gasteiger partial charge < -0.3 is 0 Å². The Morgan fingerprint density at radius 1 is 1.58 bits per heavy atom. The van der Waals surface area contributed by atoms with Crippen molar-refractivity contribution < 1.29 is 3.07 Å². The summed E-state index contributed by atoms with van der Waals surface area (Å²) in [6.07, 6.45) is 4.79. The Morgan fingerprint density at radius 2 is 2.25 bits per heavy atom. The maximum atomic E-state index is 5.52. The first kappa shape index (κ1) is 13.6. The van der Waals surface area contributed by atoms with Gasteiger partial charge in [0.1, 0.15) is 0 Å². The molecule has 0 rings (SSSR count). The van der Waals surface area contributed by atoms with Crippen LogP contribution in [-0.4, -0.2) is 37.4 Å². The molecule has 0 saturated heterocycles. The van der Waals surface area contributed by atoms with E-state index in [9.17, 15) is 0 Å². The first-order valence-corrected chi connectivity index (χ1v) is 13.1. The van der Waals surface area contributed by atoms with Crippen LogP contribution in [0.2, 0.25) is 0 Å². The van der Waals surface area contributed by atoms with Crippen molar-refractivity contribution in [3.8, 4) is 0 Å². The molecule has 1 nitrogen and oxygen atoms in total. The monoisotopic (exact) mass is 360 g/mol. The number of halogens is 1. The van der Waals surface area contributed by atoms with E-state index in [0.29, 0.717) is 5.25 Å². The normalized spacial score (nSPS) is 16.0. The molecule has 0 amide bonds. The van der Waals surface area contributed by atoms with Crippen molar-refractivity contribution in [2.24, 2.45) is 5.92 Å². The van der Waals surface area contributed by atoms with Crippen LogP contribution in [0.15, 0.2) is 0 Å². The van der Waals surface area contributed by atoms with Crippen LogP contribution in [0.3, 0.4) is 0 Å². The van der Waals surface area contributed by atoms with Gasteiger partial charge in [-0.1, -0.05) is 0 Å². The quantitative estimate of drug-likeness (QED) is 0.646. The fraction of sp³-hybridized carbons (Fsp3) is 1.00. The Hall–Kier alpha value is 1.59. The van der Waals surface area contributed by atoms with Gasteiger partial charge in [0.05, 0.1) is 0 Å². The first-order valence-electron chi connectivity index (χ1n) is 4.26. The summed E-state index contributed by atoms with van der Waals surface area (Å²) in [7, 11) is 0. The number of hydrogen-bond acceptors (Lipinski definition) is 2. The molecule has 0 aliphatic heterocycles. The minimum atomic E-state index is -0.618. The molecule has 72 valence electrons. The summed E-state index contributed by atoms with van der Waals surface area (Å²) < 4.78 is 5.52. The molecule has 0 fully saturated rings. The fourth-order valence-corrected chi connectivity index (χ4v) is 3.95. The van der Waals surface area contributed by atoms with Crippen LogP contribution >= 0.6 is 24.5 Å². The molecule has 0 aliphatic rings. The SMILES string of the molecule is CCCC(C)C(C[O][Sn][Br])SC. The van der Waals surface area contributed by atoms with Crippen LogP contribution in [-0.2, 0) is 3.07 Å². The molecule has 0 N–H and O–H groups in total. The Bertz CT molecular complexity index is 105. The van der Waals surface area contributed by atoms with Crippen molar-refractivity contribution in [3.63, 3.8) is 0 Å². The molecule has 12 heavy (non-hydrogen) atoms. The molecule has 0 aliphatic carbocycles. The predicted molar refractivity (Wildman–Crippen MR) is 62.0 cm³/mol. The summed E-state index contributed by atoms with van der Waals surface area (Å²) >= 11 is 4.76. The Kier molecular flexibility index (Phi) is 10.4. The van der Waals surface area contributed by atoms with E-state index in [-0.39, 0.29) is 0 Å². The number of hydrogen-bond donors (Lipinski definition) is 0. The van der Waals surface area contributed by atoms with Crippen LogP contribution in [0.5, 0.6) is 0 Å². The van der Waals surface area contributed by atoms with E-state index >= 15 is 0 Å². The summed E-state index contributed by atoms with van der Waals surface area (Å²) in [4.78, 5) is 0. The van der Waals surface area contributed by atoms with Crippen molar-refractivity contribution in [3.05, 3.63) is 0 Å². The van der Waals surface area contributed by atoms with E-state index in [0.717, 1.165) is 12.5 Å². The van der Waals surface area contributed by atoms with E-state index in [1.165, 1.54) is 12.8 Å². The third kappa shape index (κ3) is 6.11. The molecule has 2 atom stereocenters. The van der Waals surface area contributed by atoms with Gasteiger partial charge in [-0.05, 0) is 0 Å². The average Bonchev–Trinajstić information content (AvgIpc) is 2.06. The van der Waals surface area contributed by atoms with Crippen LogP contribution in [0.25, 0.3) is 0 Å². The summed E-state index contributed by atoms with van der Waals surface area (Å²) in [6, 6.07) is 0. The van der Waals surface area contributed by atoms with Crippen LogP contribution in [0.4, 0.5) is 0 Å². The Labute approximate surface area is 96.9 Å². The van der Waals surface area contributed by atoms with Gasteiger partial charge in [-0.2, -0.15) is 0 Å². The van der Waals surface area contributed by atoms with E-state index in [1.54, 1.807) is 0 Å². The molecule has 0 spiro atoms. The Morgan fingerprint density at radius 3 is 2.67 bits per heavy atom. The summed E-state index contributed by atoms with van der Waals surface area (Å²) in [5.74, 6) is 0.795. The van der Waals surface area contributed by atoms with Gasteiger partial charge in [-0.15, -0.1) is 0 Å². The molecule has 0 heterocycles. The zero-order chi connectivity index (χ0) is 9.40. The van der Waals surface area contributed by atoms with E-state index in [1.807, 2.05) is 11.8 Å². The molecule has 2 radical (unpaired) electrons. The Balaban J connectivity index is 3.62. The maximum absolute atomic E-state index is 5.52. The molecular formula is C8H17BrOSSn. The van der Waals surface area contributed by atoms with Crippen LogP contribution < -0.4 is 0 Å². The minimum absolute atomic E-state index is 0.618. The topological polar surface area (TPSA) is 9.23 Å². The van der Waals surface area contributed by atoms with Gasteiger partial charge in [0.2, 0.25) is 0 Å². The molecule has 2 unspecified atom stereocenters.